The summed E-state index contributed by atoms with van der Waals surface area (Å²) < 4.78 is 7.19. The van der Waals surface area contributed by atoms with Gasteiger partial charge in [0.05, 0.1) is 0 Å². The molecule has 2 nitrogen and oxygen atoms in total. The fourth-order valence-electron chi connectivity index (χ4n) is 4.52. The van der Waals surface area contributed by atoms with Gasteiger partial charge >= 0.3 is 199 Å². The van der Waals surface area contributed by atoms with Crippen molar-refractivity contribution in [2.24, 2.45) is 0 Å². The van der Waals surface area contributed by atoms with Crippen molar-refractivity contribution in [1.82, 2.24) is 0 Å². The zero-order valence-corrected chi connectivity index (χ0v) is 20.6. The van der Waals surface area contributed by atoms with Crippen molar-refractivity contribution < 1.29 is 9.53 Å². The number of esters is 1. The SMILES string of the molecule is O=C1OC(P(Br)(c2ccccc2)(c2ccccc2)c2ccccc2)c2cc(Br)ccc21. The molecule has 0 spiro atoms. The molecule has 31 heavy (non-hydrogen) atoms. The molecule has 0 aliphatic carbocycles. The van der Waals surface area contributed by atoms with Gasteiger partial charge in [0.2, 0.25) is 0 Å². The van der Waals surface area contributed by atoms with Crippen LogP contribution >= 0.6 is 36.7 Å². The van der Waals surface area contributed by atoms with Gasteiger partial charge in [0.1, 0.15) is 0 Å². The van der Waals surface area contributed by atoms with Gasteiger partial charge < -0.3 is 0 Å². The van der Waals surface area contributed by atoms with Crippen LogP contribution in [0.5, 0.6) is 0 Å². The Hall–Kier alpha value is -2.26. The molecule has 0 fully saturated rings. The molecule has 5 rings (SSSR count). The third-order valence-corrected chi connectivity index (χ3v) is 16.4. The molecule has 5 heteroatoms. The van der Waals surface area contributed by atoms with Crippen molar-refractivity contribution in [1.29, 1.82) is 0 Å². The first-order valence-corrected chi connectivity index (χ1v) is 15.1. The summed E-state index contributed by atoms with van der Waals surface area (Å²) in [6.07, 6.45) is 0. The zero-order chi connectivity index (χ0) is 21.5. The molecule has 1 unspecified atom stereocenters. The van der Waals surface area contributed by atoms with E-state index in [1.807, 2.05) is 72.8 Å². The maximum atomic E-state index is 13.0. The van der Waals surface area contributed by atoms with Crippen LogP contribution < -0.4 is 15.9 Å². The number of fused-ring (bicyclic) bond motifs is 1. The Kier molecular flexibility index (Phi) is 5.13. The second kappa shape index (κ2) is 7.70. The molecule has 0 saturated carbocycles. The molecule has 1 aliphatic rings. The molecule has 1 aliphatic heterocycles. The number of carbonyl (C=O) groups is 1. The van der Waals surface area contributed by atoms with Crippen LogP contribution in [0.3, 0.4) is 0 Å². The topological polar surface area (TPSA) is 26.3 Å². The van der Waals surface area contributed by atoms with E-state index in [-0.39, 0.29) is 5.97 Å². The Morgan fingerprint density at radius 3 is 1.58 bits per heavy atom. The predicted octanol–water partition coefficient (Wildman–Crippen LogP) is 6.46. The normalized spacial score (nSPS) is 16.8. The first-order valence-electron chi connectivity index (χ1n) is 9.94. The molecule has 0 aromatic heterocycles. The van der Waals surface area contributed by atoms with Gasteiger partial charge in [-0.05, 0) is 0 Å². The first-order chi connectivity index (χ1) is 15.0. The number of hydrogen-bond acceptors (Lipinski definition) is 2. The van der Waals surface area contributed by atoms with Crippen LogP contribution in [0.15, 0.2) is 114 Å². The number of hydrogen-bond donors (Lipinski definition) is 0. The average molecular weight is 554 g/mol. The number of ether oxygens (including phenoxy) is 1. The average Bonchev–Trinajstić information content (AvgIpc) is 3.16. The van der Waals surface area contributed by atoms with E-state index in [0.29, 0.717) is 5.56 Å². The van der Waals surface area contributed by atoms with Crippen LogP contribution in [-0.4, -0.2) is 5.97 Å². The van der Waals surface area contributed by atoms with Crippen LogP contribution in [0.2, 0.25) is 0 Å². The van der Waals surface area contributed by atoms with Crippen LogP contribution in [-0.2, 0) is 4.74 Å². The second-order valence-electron chi connectivity index (χ2n) is 7.57. The van der Waals surface area contributed by atoms with E-state index in [0.717, 1.165) is 25.9 Å². The molecule has 1 heterocycles. The molecule has 0 radical (unpaired) electrons. The van der Waals surface area contributed by atoms with Crippen molar-refractivity contribution in [2.75, 3.05) is 0 Å². The van der Waals surface area contributed by atoms with Crippen LogP contribution in [0.1, 0.15) is 21.8 Å². The fourth-order valence-corrected chi connectivity index (χ4v) is 12.9. The summed E-state index contributed by atoms with van der Waals surface area (Å²) in [6, 6.07) is 36.9. The Bertz CT molecular complexity index is 1160. The van der Waals surface area contributed by atoms with E-state index >= 15 is 0 Å². The summed E-state index contributed by atoms with van der Waals surface area (Å²) in [4.78, 5) is 13.0. The van der Waals surface area contributed by atoms with Gasteiger partial charge in [0, 0.05) is 0 Å². The van der Waals surface area contributed by atoms with Gasteiger partial charge in [0.15, 0.2) is 0 Å². The number of rotatable bonds is 4. The van der Waals surface area contributed by atoms with Crippen molar-refractivity contribution >= 4 is 58.6 Å². The van der Waals surface area contributed by atoms with Gasteiger partial charge in [0.25, 0.3) is 0 Å². The third kappa shape index (κ3) is 2.96. The van der Waals surface area contributed by atoms with E-state index in [1.165, 1.54) is 0 Å². The summed E-state index contributed by atoms with van der Waals surface area (Å²) >= 11 is 8.00. The summed E-state index contributed by atoms with van der Waals surface area (Å²) in [5.74, 6) is -0.790. The molecular weight excluding hydrogens is 535 g/mol. The summed E-state index contributed by atoms with van der Waals surface area (Å²) in [7, 11) is 0. The van der Waals surface area contributed by atoms with Crippen LogP contribution in [0.4, 0.5) is 0 Å². The van der Waals surface area contributed by atoms with Crippen molar-refractivity contribution in [3.8, 4) is 0 Å². The monoisotopic (exact) mass is 552 g/mol. The van der Waals surface area contributed by atoms with Gasteiger partial charge in [-0.25, -0.2) is 0 Å². The zero-order valence-electron chi connectivity index (χ0n) is 16.5. The van der Waals surface area contributed by atoms with E-state index < -0.39 is 11.2 Å². The van der Waals surface area contributed by atoms with Gasteiger partial charge in [-0.2, -0.15) is 0 Å². The Morgan fingerprint density at radius 2 is 1.13 bits per heavy atom. The van der Waals surface area contributed by atoms with Gasteiger partial charge in [-0.15, -0.1) is 0 Å². The Balaban J connectivity index is 1.96. The number of carbonyl (C=O) groups excluding carboxylic acids is 1. The van der Waals surface area contributed by atoms with Crippen LogP contribution in [0.25, 0.3) is 0 Å². The van der Waals surface area contributed by atoms with E-state index in [4.69, 9.17) is 4.74 Å². The minimum absolute atomic E-state index is 0.288. The summed E-state index contributed by atoms with van der Waals surface area (Å²) in [6.45, 7) is 0. The molecule has 4 aromatic carbocycles. The van der Waals surface area contributed by atoms with Crippen molar-refractivity contribution in [2.45, 2.75) is 5.85 Å². The van der Waals surface area contributed by atoms with E-state index in [9.17, 15) is 4.79 Å². The number of cyclic esters (lactones) is 1. The number of benzene rings is 4. The number of halogens is 2. The molecule has 154 valence electrons. The minimum atomic E-state index is -3.48. The predicted molar refractivity (Wildman–Crippen MR) is 136 cm³/mol. The second-order valence-corrected chi connectivity index (χ2v) is 17.1. The first kappa shape index (κ1) is 20.6. The third-order valence-electron chi connectivity index (χ3n) is 5.94. The van der Waals surface area contributed by atoms with Gasteiger partial charge in [-0.3, -0.25) is 0 Å². The standard InChI is InChI=1S/C26H19Br2O2P/c27-19-16-17-23-24(18-19)26(30-25(23)29)31(28,20-10-4-1-5-11-20,21-12-6-2-7-13-21)22-14-8-3-9-15-22/h1-18,26H. The summed E-state index contributed by atoms with van der Waals surface area (Å²) in [5, 5.41) is -0.161. The molecule has 1 atom stereocenters. The Labute approximate surface area is 198 Å². The molecule has 4 aromatic rings. The maximum absolute atomic E-state index is 13.0. The van der Waals surface area contributed by atoms with Crippen molar-refractivity contribution in [3.63, 3.8) is 0 Å². The van der Waals surface area contributed by atoms with Crippen LogP contribution in [0, 0.1) is 0 Å². The van der Waals surface area contributed by atoms with Gasteiger partial charge in [-0.1, -0.05) is 0 Å². The van der Waals surface area contributed by atoms with E-state index in [2.05, 4.69) is 67.8 Å². The fraction of sp³-hybridized carbons (Fsp3) is 0.0385. The molecule has 0 bridgehead atoms. The van der Waals surface area contributed by atoms with Crippen molar-refractivity contribution in [3.05, 3.63) is 125 Å². The Morgan fingerprint density at radius 1 is 0.677 bits per heavy atom. The molecular formula is C26H19Br2O2P. The quantitative estimate of drug-likeness (QED) is 0.214. The molecule has 0 amide bonds. The molecule has 0 saturated heterocycles. The summed E-state index contributed by atoms with van der Waals surface area (Å²) in [5.41, 5.74) is 1.51. The molecule has 0 N–H and O–H groups in total. The van der Waals surface area contributed by atoms with E-state index in [1.54, 1.807) is 0 Å².